The Hall–Kier alpha value is -2.99. The number of carbonyl (C=O) groups is 1. The second-order valence-electron chi connectivity index (χ2n) is 7.80. The van der Waals surface area contributed by atoms with Crippen LogP contribution in [-0.2, 0) is 6.54 Å². The maximum absolute atomic E-state index is 13.0. The quantitative estimate of drug-likeness (QED) is 0.739. The number of likely N-dealkylation sites (tertiary alicyclic amines) is 1. The maximum atomic E-state index is 13.0. The van der Waals surface area contributed by atoms with Gasteiger partial charge in [-0.15, -0.1) is 0 Å². The van der Waals surface area contributed by atoms with Gasteiger partial charge in [0.25, 0.3) is 0 Å². The molecule has 0 radical (unpaired) electrons. The van der Waals surface area contributed by atoms with Gasteiger partial charge in [-0.1, -0.05) is 6.42 Å². The SMILES string of the molecule is COc1ccc(OC)c(/C=C2/Oc3c(ccc(O)c3CN3CCCCC3C)C2=O)c1. The average Bonchev–Trinajstić information content (AvgIpc) is 3.07. The Morgan fingerprint density at radius 2 is 2.03 bits per heavy atom. The van der Waals surface area contributed by atoms with Crippen LogP contribution in [0.5, 0.6) is 23.0 Å². The number of hydrogen-bond donors (Lipinski definition) is 1. The normalized spacial score (nSPS) is 20.2. The minimum Gasteiger partial charge on any atom is -0.507 e. The molecular weight excluding hydrogens is 382 g/mol. The number of benzene rings is 2. The third kappa shape index (κ3) is 3.75. The van der Waals surface area contributed by atoms with Gasteiger partial charge >= 0.3 is 0 Å². The zero-order valence-corrected chi connectivity index (χ0v) is 17.6. The van der Waals surface area contributed by atoms with Gasteiger partial charge in [-0.3, -0.25) is 9.69 Å². The van der Waals surface area contributed by atoms with Crippen molar-refractivity contribution < 1.29 is 24.1 Å². The first-order valence-corrected chi connectivity index (χ1v) is 10.3. The predicted octanol–water partition coefficient (Wildman–Crippen LogP) is 4.40. The number of carbonyl (C=O) groups excluding carboxylic acids is 1. The highest BCUT2D eigenvalue weighted by atomic mass is 16.5. The number of ether oxygens (including phenoxy) is 3. The number of Topliss-reactive ketones (excluding diaryl/α,β-unsaturated/α-hetero) is 1. The molecule has 6 nitrogen and oxygen atoms in total. The fraction of sp³-hybridized carbons (Fsp3) is 0.375. The highest BCUT2D eigenvalue weighted by molar-refractivity contribution is 6.15. The second-order valence-corrected chi connectivity index (χ2v) is 7.80. The number of piperidine rings is 1. The molecular formula is C24H27NO5. The molecule has 4 rings (SSSR count). The Kier molecular flexibility index (Phi) is 5.68. The van der Waals surface area contributed by atoms with E-state index in [0.29, 0.717) is 46.5 Å². The van der Waals surface area contributed by atoms with E-state index in [1.807, 2.05) is 0 Å². The number of phenolic OH excluding ortho intramolecular Hbond substituents is 1. The van der Waals surface area contributed by atoms with Crippen molar-refractivity contribution in [3.63, 3.8) is 0 Å². The van der Waals surface area contributed by atoms with E-state index in [-0.39, 0.29) is 17.3 Å². The topological polar surface area (TPSA) is 68.2 Å². The average molecular weight is 409 g/mol. The van der Waals surface area contributed by atoms with Crippen LogP contribution in [0.15, 0.2) is 36.1 Å². The first kappa shape index (κ1) is 20.3. The van der Waals surface area contributed by atoms with E-state index in [2.05, 4.69) is 11.8 Å². The second kappa shape index (κ2) is 8.40. The van der Waals surface area contributed by atoms with Gasteiger partial charge in [-0.2, -0.15) is 0 Å². The minimum absolute atomic E-state index is 0.152. The lowest BCUT2D eigenvalue weighted by Crippen LogP contribution is -2.36. The summed E-state index contributed by atoms with van der Waals surface area (Å²) in [5.41, 5.74) is 1.82. The van der Waals surface area contributed by atoms with E-state index >= 15 is 0 Å². The molecule has 0 amide bonds. The molecule has 2 aromatic carbocycles. The molecule has 1 fully saturated rings. The van der Waals surface area contributed by atoms with E-state index in [4.69, 9.17) is 14.2 Å². The number of ketones is 1. The van der Waals surface area contributed by atoms with Gasteiger partial charge in [-0.25, -0.2) is 0 Å². The molecule has 0 saturated carbocycles. The Morgan fingerprint density at radius 3 is 2.77 bits per heavy atom. The van der Waals surface area contributed by atoms with Crippen molar-refractivity contribution >= 4 is 11.9 Å². The van der Waals surface area contributed by atoms with Gasteiger partial charge in [0.15, 0.2) is 5.76 Å². The molecule has 2 aliphatic rings. The van der Waals surface area contributed by atoms with Gasteiger partial charge in [0, 0.05) is 18.2 Å². The summed E-state index contributed by atoms with van der Waals surface area (Å²) >= 11 is 0. The summed E-state index contributed by atoms with van der Waals surface area (Å²) in [5.74, 6) is 1.87. The van der Waals surface area contributed by atoms with Crippen LogP contribution in [0.4, 0.5) is 0 Å². The summed E-state index contributed by atoms with van der Waals surface area (Å²) in [6.07, 6.45) is 5.16. The molecule has 1 atom stereocenters. The number of methoxy groups -OCH3 is 2. The fourth-order valence-corrected chi connectivity index (χ4v) is 4.14. The van der Waals surface area contributed by atoms with Gasteiger partial charge < -0.3 is 19.3 Å². The molecule has 2 heterocycles. The lowest BCUT2D eigenvalue weighted by atomic mass is 10.0. The van der Waals surface area contributed by atoms with Gasteiger partial charge in [-0.05, 0) is 62.7 Å². The number of phenols is 1. The molecule has 1 saturated heterocycles. The molecule has 0 bridgehead atoms. The number of fused-ring (bicyclic) bond motifs is 1. The molecule has 0 aliphatic carbocycles. The molecule has 0 spiro atoms. The van der Waals surface area contributed by atoms with Gasteiger partial charge in [0.2, 0.25) is 5.78 Å². The monoisotopic (exact) mass is 409 g/mol. The van der Waals surface area contributed by atoms with Crippen molar-refractivity contribution in [3.05, 3.63) is 52.8 Å². The van der Waals surface area contributed by atoms with E-state index in [1.165, 1.54) is 6.42 Å². The number of aromatic hydroxyl groups is 1. The van der Waals surface area contributed by atoms with Crippen LogP contribution in [0, 0.1) is 0 Å². The highest BCUT2D eigenvalue weighted by Gasteiger charge is 2.32. The standard InChI is InChI=1S/C24H27NO5/c1-15-6-4-5-11-25(15)14-19-20(26)9-8-18-23(27)22(30-24(18)19)13-16-12-17(28-2)7-10-21(16)29-3/h7-10,12-13,15,26H,4-6,11,14H2,1-3H3/b22-13+. The van der Waals surface area contributed by atoms with Crippen LogP contribution in [0.2, 0.25) is 0 Å². The fourth-order valence-electron chi connectivity index (χ4n) is 4.14. The molecule has 0 aromatic heterocycles. The number of rotatable bonds is 5. The third-order valence-electron chi connectivity index (χ3n) is 5.94. The highest BCUT2D eigenvalue weighted by Crippen LogP contribution is 2.41. The van der Waals surface area contributed by atoms with Crippen molar-refractivity contribution in [2.45, 2.75) is 38.8 Å². The summed E-state index contributed by atoms with van der Waals surface area (Å²) in [6.45, 7) is 3.73. The van der Waals surface area contributed by atoms with Crippen molar-refractivity contribution in [1.29, 1.82) is 0 Å². The Bertz CT molecular complexity index is 997. The molecule has 158 valence electrons. The molecule has 6 heteroatoms. The van der Waals surface area contributed by atoms with Crippen LogP contribution in [0.3, 0.4) is 0 Å². The largest absolute Gasteiger partial charge is 0.507 e. The summed E-state index contributed by atoms with van der Waals surface area (Å²) < 4.78 is 16.7. The smallest absolute Gasteiger partial charge is 0.231 e. The maximum Gasteiger partial charge on any atom is 0.231 e. The summed E-state index contributed by atoms with van der Waals surface area (Å²) in [4.78, 5) is 15.3. The number of allylic oxidation sites excluding steroid dienone is 1. The molecule has 2 aliphatic heterocycles. The zero-order valence-electron chi connectivity index (χ0n) is 17.6. The van der Waals surface area contributed by atoms with E-state index in [9.17, 15) is 9.90 Å². The molecule has 1 N–H and O–H groups in total. The first-order chi connectivity index (χ1) is 14.5. The van der Waals surface area contributed by atoms with E-state index in [0.717, 1.165) is 19.4 Å². The number of hydrogen-bond acceptors (Lipinski definition) is 6. The summed E-state index contributed by atoms with van der Waals surface area (Å²) in [5, 5.41) is 10.5. The number of nitrogens with zero attached hydrogens (tertiary/aromatic N) is 1. The molecule has 2 aromatic rings. The van der Waals surface area contributed by atoms with Crippen LogP contribution >= 0.6 is 0 Å². The lowest BCUT2D eigenvalue weighted by molar-refractivity contribution is 0.101. The van der Waals surface area contributed by atoms with Crippen molar-refractivity contribution in [1.82, 2.24) is 4.90 Å². The van der Waals surface area contributed by atoms with Crippen molar-refractivity contribution in [2.75, 3.05) is 20.8 Å². The van der Waals surface area contributed by atoms with Crippen LogP contribution in [0.25, 0.3) is 6.08 Å². The van der Waals surface area contributed by atoms with Crippen molar-refractivity contribution in [3.8, 4) is 23.0 Å². The van der Waals surface area contributed by atoms with Gasteiger partial charge in [0.1, 0.15) is 23.0 Å². The Morgan fingerprint density at radius 1 is 1.20 bits per heavy atom. The Labute approximate surface area is 176 Å². The first-order valence-electron chi connectivity index (χ1n) is 10.3. The van der Waals surface area contributed by atoms with E-state index < -0.39 is 0 Å². The summed E-state index contributed by atoms with van der Waals surface area (Å²) in [7, 11) is 3.16. The minimum atomic E-state index is -0.206. The van der Waals surface area contributed by atoms with Crippen LogP contribution in [0.1, 0.15) is 47.7 Å². The molecule has 30 heavy (non-hydrogen) atoms. The third-order valence-corrected chi connectivity index (χ3v) is 5.94. The van der Waals surface area contributed by atoms with E-state index in [1.54, 1.807) is 50.6 Å². The predicted molar refractivity (Wildman–Crippen MR) is 114 cm³/mol. The van der Waals surface area contributed by atoms with Crippen LogP contribution in [-0.4, -0.2) is 42.6 Å². The zero-order chi connectivity index (χ0) is 21.3. The van der Waals surface area contributed by atoms with Crippen LogP contribution < -0.4 is 14.2 Å². The van der Waals surface area contributed by atoms with Gasteiger partial charge in [0.05, 0.1) is 25.3 Å². The summed E-state index contributed by atoms with van der Waals surface area (Å²) in [6, 6.07) is 9.01. The Balaban J connectivity index is 1.69. The van der Waals surface area contributed by atoms with Crippen molar-refractivity contribution in [2.24, 2.45) is 0 Å². The molecule has 1 unspecified atom stereocenters. The lowest BCUT2D eigenvalue weighted by Gasteiger charge is -2.33.